The minimum atomic E-state index is 0.611. The van der Waals surface area contributed by atoms with Crippen LogP contribution in [0.5, 0.6) is 0 Å². The molecule has 0 spiro atoms. The summed E-state index contributed by atoms with van der Waals surface area (Å²) in [6.45, 7) is 10.2. The largest absolute Gasteiger partial charge is 0.501 e. The highest BCUT2D eigenvalue weighted by Gasteiger charge is 1.95. The average molecular weight is 154 g/mol. The molecule has 0 aromatic carbocycles. The Labute approximate surface area is 69.8 Å². The van der Waals surface area contributed by atoms with Gasteiger partial charge in [0.05, 0.1) is 12.9 Å². The summed E-state index contributed by atoms with van der Waals surface area (Å²) in [6, 6.07) is 0. The first-order valence-corrected chi connectivity index (χ1v) is 3.95. The van der Waals surface area contributed by atoms with Gasteiger partial charge < -0.3 is 4.74 Å². The average Bonchev–Trinajstić information content (AvgIpc) is 1.85. The lowest BCUT2D eigenvalue weighted by Crippen LogP contribution is -1.88. The van der Waals surface area contributed by atoms with E-state index in [2.05, 4.69) is 33.4 Å². The molecule has 0 amide bonds. The van der Waals surface area contributed by atoms with E-state index in [4.69, 9.17) is 4.74 Å². The van der Waals surface area contributed by atoms with E-state index in [0.29, 0.717) is 5.92 Å². The van der Waals surface area contributed by atoms with Gasteiger partial charge in [-0.05, 0) is 12.8 Å². The van der Waals surface area contributed by atoms with Gasteiger partial charge in [0.15, 0.2) is 0 Å². The monoisotopic (exact) mass is 154 g/mol. The second-order valence-corrected chi connectivity index (χ2v) is 3.18. The van der Waals surface area contributed by atoms with Crippen molar-refractivity contribution in [3.05, 3.63) is 24.0 Å². The van der Waals surface area contributed by atoms with Crippen molar-refractivity contribution in [1.82, 2.24) is 0 Å². The van der Waals surface area contributed by atoms with Crippen LogP contribution >= 0.6 is 0 Å². The molecule has 0 heterocycles. The van der Waals surface area contributed by atoms with Crippen LogP contribution in [0.15, 0.2) is 24.0 Å². The molecule has 0 bridgehead atoms. The predicted octanol–water partition coefficient (Wildman–Crippen LogP) is 3.14. The van der Waals surface area contributed by atoms with E-state index >= 15 is 0 Å². The summed E-state index contributed by atoms with van der Waals surface area (Å²) in [7, 11) is 1.66. The fourth-order valence-corrected chi connectivity index (χ4v) is 1.01. The van der Waals surface area contributed by atoms with Crippen molar-refractivity contribution < 1.29 is 4.74 Å². The van der Waals surface area contributed by atoms with Crippen LogP contribution in [0.25, 0.3) is 0 Å². The Balaban J connectivity index is 3.86. The molecule has 11 heavy (non-hydrogen) atoms. The van der Waals surface area contributed by atoms with Gasteiger partial charge >= 0.3 is 0 Å². The third-order valence-corrected chi connectivity index (χ3v) is 1.38. The second kappa shape index (κ2) is 5.00. The van der Waals surface area contributed by atoms with Crippen molar-refractivity contribution in [2.24, 2.45) is 5.92 Å². The highest BCUT2D eigenvalue weighted by molar-refractivity contribution is 5.07. The van der Waals surface area contributed by atoms with E-state index < -0.39 is 0 Å². The van der Waals surface area contributed by atoms with Gasteiger partial charge in [-0.15, -0.1) is 0 Å². The zero-order chi connectivity index (χ0) is 8.85. The molecule has 0 saturated heterocycles. The van der Waals surface area contributed by atoms with Gasteiger partial charge in [-0.3, -0.25) is 0 Å². The Morgan fingerprint density at radius 3 is 2.45 bits per heavy atom. The van der Waals surface area contributed by atoms with E-state index in [-0.39, 0.29) is 0 Å². The van der Waals surface area contributed by atoms with E-state index in [1.807, 2.05) is 0 Å². The lowest BCUT2D eigenvalue weighted by Gasteiger charge is -2.05. The SMILES string of the molecule is C=C(CC(C)=CC(C)C)OC. The molecular weight excluding hydrogens is 136 g/mol. The molecule has 0 aromatic rings. The third-order valence-electron chi connectivity index (χ3n) is 1.38. The molecule has 0 aliphatic heterocycles. The molecule has 0 unspecified atom stereocenters. The summed E-state index contributed by atoms with van der Waals surface area (Å²) in [5.41, 5.74) is 1.33. The quantitative estimate of drug-likeness (QED) is 0.446. The molecule has 0 aliphatic carbocycles. The summed E-state index contributed by atoms with van der Waals surface area (Å²) in [5, 5.41) is 0. The van der Waals surface area contributed by atoms with Gasteiger partial charge in [0, 0.05) is 6.42 Å². The molecule has 0 aromatic heterocycles. The van der Waals surface area contributed by atoms with Crippen LogP contribution < -0.4 is 0 Å². The molecule has 0 rings (SSSR count). The van der Waals surface area contributed by atoms with Gasteiger partial charge in [-0.1, -0.05) is 32.1 Å². The normalized spacial score (nSPS) is 11.9. The van der Waals surface area contributed by atoms with Crippen LogP contribution in [-0.4, -0.2) is 7.11 Å². The topological polar surface area (TPSA) is 9.23 Å². The standard InChI is InChI=1S/C10H18O/c1-8(2)6-9(3)7-10(4)11-5/h6,8H,4,7H2,1-3,5H3. The fraction of sp³-hybridized carbons (Fsp3) is 0.600. The fourth-order valence-electron chi connectivity index (χ4n) is 1.01. The molecule has 0 fully saturated rings. The Morgan fingerprint density at radius 1 is 1.55 bits per heavy atom. The van der Waals surface area contributed by atoms with E-state index in [1.165, 1.54) is 5.57 Å². The number of ether oxygens (including phenoxy) is 1. The van der Waals surface area contributed by atoms with Gasteiger partial charge in [0.1, 0.15) is 0 Å². The van der Waals surface area contributed by atoms with Crippen molar-refractivity contribution >= 4 is 0 Å². The summed E-state index contributed by atoms with van der Waals surface area (Å²) in [4.78, 5) is 0. The Morgan fingerprint density at radius 2 is 2.09 bits per heavy atom. The molecule has 0 saturated carbocycles. The zero-order valence-corrected chi connectivity index (χ0v) is 7.98. The van der Waals surface area contributed by atoms with Gasteiger partial charge in [-0.25, -0.2) is 0 Å². The van der Waals surface area contributed by atoms with E-state index in [9.17, 15) is 0 Å². The summed E-state index contributed by atoms with van der Waals surface area (Å²) >= 11 is 0. The molecule has 64 valence electrons. The Bertz CT molecular complexity index is 154. The molecule has 0 N–H and O–H groups in total. The van der Waals surface area contributed by atoms with Crippen molar-refractivity contribution in [3.8, 4) is 0 Å². The van der Waals surface area contributed by atoms with Gasteiger partial charge in [0.25, 0.3) is 0 Å². The lowest BCUT2D eigenvalue weighted by molar-refractivity contribution is 0.285. The molecular formula is C10H18O. The van der Waals surface area contributed by atoms with Crippen LogP contribution in [0.1, 0.15) is 27.2 Å². The van der Waals surface area contributed by atoms with Gasteiger partial charge in [-0.2, -0.15) is 0 Å². The van der Waals surface area contributed by atoms with Crippen LogP contribution in [-0.2, 0) is 4.74 Å². The predicted molar refractivity (Wildman–Crippen MR) is 49.4 cm³/mol. The highest BCUT2D eigenvalue weighted by atomic mass is 16.5. The van der Waals surface area contributed by atoms with Crippen LogP contribution in [0.3, 0.4) is 0 Å². The van der Waals surface area contributed by atoms with E-state index in [1.54, 1.807) is 7.11 Å². The first-order valence-electron chi connectivity index (χ1n) is 3.95. The minimum Gasteiger partial charge on any atom is -0.501 e. The molecule has 0 aliphatic rings. The van der Waals surface area contributed by atoms with Crippen molar-refractivity contribution in [1.29, 1.82) is 0 Å². The number of methoxy groups -OCH3 is 1. The molecule has 1 nitrogen and oxygen atoms in total. The van der Waals surface area contributed by atoms with Crippen LogP contribution in [0.4, 0.5) is 0 Å². The second-order valence-electron chi connectivity index (χ2n) is 3.18. The lowest BCUT2D eigenvalue weighted by atomic mass is 10.1. The van der Waals surface area contributed by atoms with Crippen LogP contribution in [0.2, 0.25) is 0 Å². The van der Waals surface area contributed by atoms with Crippen LogP contribution in [0, 0.1) is 5.92 Å². The Hall–Kier alpha value is -0.720. The van der Waals surface area contributed by atoms with E-state index in [0.717, 1.165) is 12.2 Å². The maximum atomic E-state index is 4.97. The van der Waals surface area contributed by atoms with Crippen molar-refractivity contribution in [2.75, 3.05) is 7.11 Å². The summed E-state index contributed by atoms with van der Waals surface area (Å²) < 4.78 is 4.97. The molecule has 0 radical (unpaired) electrons. The van der Waals surface area contributed by atoms with Gasteiger partial charge in [0.2, 0.25) is 0 Å². The Kier molecular flexibility index (Phi) is 4.67. The third kappa shape index (κ3) is 5.71. The minimum absolute atomic E-state index is 0.611. The molecule has 1 heteroatoms. The molecule has 0 atom stereocenters. The highest BCUT2D eigenvalue weighted by Crippen LogP contribution is 2.11. The maximum Gasteiger partial charge on any atom is 0.0924 e. The summed E-state index contributed by atoms with van der Waals surface area (Å²) in [6.07, 6.45) is 3.08. The first-order chi connectivity index (χ1) is 5.06. The first kappa shape index (κ1) is 10.3. The van der Waals surface area contributed by atoms with Crippen molar-refractivity contribution in [3.63, 3.8) is 0 Å². The number of hydrogen-bond donors (Lipinski definition) is 0. The number of allylic oxidation sites excluding steroid dienone is 2. The summed E-state index contributed by atoms with van der Waals surface area (Å²) in [5.74, 6) is 1.44. The maximum absolute atomic E-state index is 4.97. The zero-order valence-electron chi connectivity index (χ0n) is 7.98. The number of rotatable bonds is 4. The van der Waals surface area contributed by atoms with Crippen molar-refractivity contribution in [2.45, 2.75) is 27.2 Å². The smallest absolute Gasteiger partial charge is 0.0924 e. The number of hydrogen-bond acceptors (Lipinski definition) is 1.